The Balaban J connectivity index is 1.84. The van der Waals surface area contributed by atoms with Crippen LogP contribution in [0.4, 0.5) is 5.69 Å². The fourth-order valence-electron chi connectivity index (χ4n) is 2.85. The van der Waals surface area contributed by atoms with Gasteiger partial charge in [0.1, 0.15) is 0 Å². The Kier molecular flexibility index (Phi) is 5.18. The number of nitrogens with one attached hydrogen (secondary N) is 1. The molecular formula is C17H26N2O. The molecule has 1 aliphatic rings. The van der Waals surface area contributed by atoms with Crippen LogP contribution in [0.1, 0.15) is 51.0 Å². The standard InChI is InChI=1S/C17H26N2O/c1-13(2)14-8-10-15(11-9-14)18-17(20)12-19(3)16-6-4-5-7-16/h8-11,13,16H,4-7,12H2,1-3H3,(H,18,20). The number of nitrogens with zero attached hydrogens (tertiary/aromatic N) is 1. The summed E-state index contributed by atoms with van der Waals surface area (Å²) in [4.78, 5) is 14.2. The molecule has 1 saturated carbocycles. The molecule has 3 nitrogen and oxygen atoms in total. The Morgan fingerprint density at radius 3 is 2.40 bits per heavy atom. The maximum atomic E-state index is 12.0. The first-order valence-electron chi connectivity index (χ1n) is 7.66. The van der Waals surface area contributed by atoms with Crippen molar-refractivity contribution in [2.24, 2.45) is 0 Å². The van der Waals surface area contributed by atoms with Crippen LogP contribution in [0.15, 0.2) is 24.3 Å². The molecule has 3 heteroatoms. The lowest BCUT2D eigenvalue weighted by Crippen LogP contribution is -2.36. The monoisotopic (exact) mass is 274 g/mol. The van der Waals surface area contributed by atoms with Crippen LogP contribution in [-0.2, 0) is 4.79 Å². The molecule has 1 N–H and O–H groups in total. The smallest absolute Gasteiger partial charge is 0.238 e. The summed E-state index contributed by atoms with van der Waals surface area (Å²) in [5.74, 6) is 0.602. The minimum atomic E-state index is 0.0803. The zero-order valence-corrected chi connectivity index (χ0v) is 12.9. The van der Waals surface area contributed by atoms with Crippen molar-refractivity contribution in [1.82, 2.24) is 4.90 Å². The first-order valence-corrected chi connectivity index (χ1v) is 7.66. The van der Waals surface area contributed by atoms with Crippen LogP contribution < -0.4 is 5.32 Å². The van der Waals surface area contributed by atoms with Gasteiger partial charge in [-0.25, -0.2) is 0 Å². The molecule has 0 aliphatic heterocycles. The summed E-state index contributed by atoms with van der Waals surface area (Å²) in [5, 5.41) is 2.98. The third-order valence-corrected chi connectivity index (χ3v) is 4.20. The first-order chi connectivity index (χ1) is 9.56. The van der Waals surface area contributed by atoms with E-state index in [9.17, 15) is 4.79 Å². The molecule has 1 amide bonds. The Bertz CT molecular complexity index is 433. The normalized spacial score (nSPS) is 16.1. The SMILES string of the molecule is CC(C)c1ccc(NC(=O)CN(C)C2CCCC2)cc1. The highest BCUT2D eigenvalue weighted by Crippen LogP contribution is 2.22. The minimum absolute atomic E-state index is 0.0803. The average molecular weight is 274 g/mol. The fraction of sp³-hybridized carbons (Fsp3) is 0.588. The first kappa shape index (κ1) is 15.0. The third kappa shape index (κ3) is 4.07. The molecule has 1 aromatic rings. The molecule has 0 heterocycles. The van der Waals surface area contributed by atoms with Crippen molar-refractivity contribution in [3.05, 3.63) is 29.8 Å². The second-order valence-corrected chi connectivity index (χ2v) is 6.18. The van der Waals surface area contributed by atoms with E-state index in [1.165, 1.54) is 31.2 Å². The van der Waals surface area contributed by atoms with Gasteiger partial charge in [0, 0.05) is 11.7 Å². The second kappa shape index (κ2) is 6.89. The van der Waals surface area contributed by atoms with Crippen molar-refractivity contribution >= 4 is 11.6 Å². The molecule has 1 aliphatic carbocycles. The van der Waals surface area contributed by atoms with Gasteiger partial charge in [0.05, 0.1) is 6.54 Å². The summed E-state index contributed by atoms with van der Waals surface area (Å²) in [6, 6.07) is 8.73. The van der Waals surface area contributed by atoms with Crippen molar-refractivity contribution in [3.8, 4) is 0 Å². The zero-order chi connectivity index (χ0) is 14.5. The number of rotatable bonds is 5. The molecule has 20 heavy (non-hydrogen) atoms. The van der Waals surface area contributed by atoms with Crippen LogP contribution in [0.2, 0.25) is 0 Å². The van der Waals surface area contributed by atoms with E-state index < -0.39 is 0 Å². The van der Waals surface area contributed by atoms with Gasteiger partial charge in [0.2, 0.25) is 5.91 Å². The minimum Gasteiger partial charge on any atom is -0.325 e. The van der Waals surface area contributed by atoms with E-state index >= 15 is 0 Å². The summed E-state index contributed by atoms with van der Waals surface area (Å²) in [6.45, 7) is 4.82. The predicted molar refractivity (Wildman–Crippen MR) is 84.0 cm³/mol. The maximum Gasteiger partial charge on any atom is 0.238 e. The van der Waals surface area contributed by atoms with Gasteiger partial charge in [0.25, 0.3) is 0 Å². The van der Waals surface area contributed by atoms with Gasteiger partial charge in [-0.2, -0.15) is 0 Å². The molecule has 0 saturated heterocycles. The summed E-state index contributed by atoms with van der Waals surface area (Å²) >= 11 is 0. The molecule has 110 valence electrons. The molecule has 0 atom stereocenters. The number of likely N-dealkylation sites (N-methyl/N-ethyl adjacent to an activating group) is 1. The van der Waals surface area contributed by atoms with Gasteiger partial charge >= 0.3 is 0 Å². The van der Waals surface area contributed by atoms with E-state index in [0.717, 1.165) is 5.69 Å². The number of hydrogen-bond donors (Lipinski definition) is 1. The highest BCUT2D eigenvalue weighted by Gasteiger charge is 2.21. The van der Waals surface area contributed by atoms with Crippen molar-refractivity contribution in [3.63, 3.8) is 0 Å². The maximum absolute atomic E-state index is 12.0. The van der Waals surface area contributed by atoms with Crippen LogP contribution in [0, 0.1) is 0 Å². The van der Waals surface area contributed by atoms with Crippen LogP contribution >= 0.6 is 0 Å². The van der Waals surface area contributed by atoms with Gasteiger partial charge in [-0.3, -0.25) is 9.69 Å². The van der Waals surface area contributed by atoms with E-state index in [0.29, 0.717) is 18.5 Å². The Labute approximate surface area is 122 Å². The van der Waals surface area contributed by atoms with E-state index in [1.807, 2.05) is 12.1 Å². The topological polar surface area (TPSA) is 32.3 Å². The number of benzene rings is 1. The van der Waals surface area contributed by atoms with Crippen molar-refractivity contribution < 1.29 is 4.79 Å². The molecule has 2 rings (SSSR count). The molecule has 0 bridgehead atoms. The number of hydrogen-bond acceptors (Lipinski definition) is 2. The molecule has 1 aromatic carbocycles. The van der Waals surface area contributed by atoms with Gasteiger partial charge in [-0.15, -0.1) is 0 Å². The van der Waals surface area contributed by atoms with Gasteiger partial charge in [-0.05, 0) is 43.5 Å². The van der Waals surface area contributed by atoms with Crippen molar-refractivity contribution in [2.45, 2.75) is 51.5 Å². The van der Waals surface area contributed by atoms with Crippen LogP contribution in [0.3, 0.4) is 0 Å². The Morgan fingerprint density at radius 1 is 1.25 bits per heavy atom. The third-order valence-electron chi connectivity index (χ3n) is 4.20. The second-order valence-electron chi connectivity index (χ2n) is 6.18. The number of carbonyl (C=O) groups is 1. The van der Waals surface area contributed by atoms with Gasteiger partial charge in [-0.1, -0.05) is 38.8 Å². The number of anilines is 1. The zero-order valence-electron chi connectivity index (χ0n) is 12.9. The van der Waals surface area contributed by atoms with Crippen LogP contribution in [0.5, 0.6) is 0 Å². The molecule has 0 spiro atoms. The molecule has 0 aromatic heterocycles. The lowest BCUT2D eigenvalue weighted by Gasteiger charge is -2.23. The van der Waals surface area contributed by atoms with Gasteiger partial charge in [0.15, 0.2) is 0 Å². The van der Waals surface area contributed by atoms with Crippen LogP contribution in [-0.4, -0.2) is 30.4 Å². The van der Waals surface area contributed by atoms with Crippen LogP contribution in [0.25, 0.3) is 0 Å². The molecule has 0 radical (unpaired) electrons. The van der Waals surface area contributed by atoms with Gasteiger partial charge < -0.3 is 5.32 Å². The molecule has 0 unspecified atom stereocenters. The van der Waals surface area contributed by atoms with Crippen molar-refractivity contribution in [1.29, 1.82) is 0 Å². The van der Waals surface area contributed by atoms with E-state index in [4.69, 9.17) is 0 Å². The number of amides is 1. The number of carbonyl (C=O) groups excluding carboxylic acids is 1. The largest absolute Gasteiger partial charge is 0.325 e. The lowest BCUT2D eigenvalue weighted by atomic mass is 10.0. The Morgan fingerprint density at radius 2 is 1.85 bits per heavy atom. The van der Waals surface area contributed by atoms with E-state index in [1.54, 1.807) is 0 Å². The van der Waals surface area contributed by atoms with Crippen molar-refractivity contribution in [2.75, 3.05) is 18.9 Å². The summed E-state index contributed by atoms with van der Waals surface area (Å²) in [7, 11) is 2.05. The highest BCUT2D eigenvalue weighted by molar-refractivity contribution is 5.92. The Hall–Kier alpha value is -1.35. The summed E-state index contributed by atoms with van der Waals surface area (Å²) in [5.41, 5.74) is 2.19. The molecule has 1 fully saturated rings. The quantitative estimate of drug-likeness (QED) is 0.889. The van der Waals surface area contributed by atoms with E-state index in [-0.39, 0.29) is 5.91 Å². The predicted octanol–water partition coefficient (Wildman–Crippen LogP) is 3.62. The molecular weight excluding hydrogens is 248 g/mol. The highest BCUT2D eigenvalue weighted by atomic mass is 16.2. The summed E-state index contributed by atoms with van der Waals surface area (Å²) < 4.78 is 0. The summed E-state index contributed by atoms with van der Waals surface area (Å²) in [6.07, 6.45) is 5.06. The fourth-order valence-corrected chi connectivity index (χ4v) is 2.85. The average Bonchev–Trinajstić information content (AvgIpc) is 2.93. The lowest BCUT2D eigenvalue weighted by molar-refractivity contribution is -0.117. The van der Waals surface area contributed by atoms with E-state index in [2.05, 4.69) is 43.2 Å².